The number of benzene rings is 10. The van der Waals surface area contributed by atoms with E-state index in [4.69, 9.17) is 4.42 Å². The first-order valence-corrected chi connectivity index (χ1v) is 21.5. The highest BCUT2D eigenvalue weighted by molar-refractivity contribution is 6.10. The van der Waals surface area contributed by atoms with Crippen molar-refractivity contribution < 1.29 is 4.42 Å². The smallest absolute Gasteiger partial charge is 0.143 e. The van der Waals surface area contributed by atoms with E-state index in [1.807, 2.05) is 12.1 Å². The lowest BCUT2D eigenvalue weighted by atomic mass is 9.99. The van der Waals surface area contributed by atoms with E-state index in [9.17, 15) is 0 Å². The average Bonchev–Trinajstić information content (AvgIpc) is 3.91. The van der Waals surface area contributed by atoms with Gasteiger partial charge in [0.15, 0.2) is 0 Å². The summed E-state index contributed by atoms with van der Waals surface area (Å²) in [6.45, 7) is 0. The SMILES string of the molecule is c1ccc(-c2ccc(-c3ccc(N(c4ccc(-c5ccc(-n6c7ccccc7c7ccccc76)cc5)cc4)c4ccc(-c5cccc6c5oc5ccccc56)cc4)cc3)cc2)cc1. The molecule has 296 valence electrons. The van der Waals surface area contributed by atoms with Gasteiger partial charge < -0.3 is 13.9 Å². The molecule has 0 amide bonds. The number of anilines is 3. The minimum Gasteiger partial charge on any atom is -0.455 e. The lowest BCUT2D eigenvalue weighted by Gasteiger charge is -2.26. The van der Waals surface area contributed by atoms with Gasteiger partial charge in [0.1, 0.15) is 11.2 Å². The monoisotopic (exact) mass is 804 g/mol. The van der Waals surface area contributed by atoms with Gasteiger partial charge in [-0.3, -0.25) is 0 Å². The van der Waals surface area contributed by atoms with Crippen LogP contribution in [0.5, 0.6) is 0 Å². The topological polar surface area (TPSA) is 21.3 Å². The predicted octanol–water partition coefficient (Wildman–Crippen LogP) is 16.8. The van der Waals surface area contributed by atoms with E-state index in [0.717, 1.165) is 61.4 Å². The molecule has 0 aliphatic rings. The molecule has 0 radical (unpaired) electrons. The highest BCUT2D eigenvalue weighted by Gasteiger charge is 2.17. The van der Waals surface area contributed by atoms with Gasteiger partial charge in [-0.05, 0) is 106 Å². The Balaban J connectivity index is 0.887. The lowest BCUT2D eigenvalue weighted by Crippen LogP contribution is -2.09. The van der Waals surface area contributed by atoms with Gasteiger partial charge in [0.2, 0.25) is 0 Å². The molecule has 0 aliphatic heterocycles. The third-order valence-corrected chi connectivity index (χ3v) is 12.5. The zero-order valence-electron chi connectivity index (χ0n) is 34.4. The van der Waals surface area contributed by atoms with E-state index in [1.54, 1.807) is 0 Å². The van der Waals surface area contributed by atoms with E-state index < -0.39 is 0 Å². The molecule has 63 heavy (non-hydrogen) atoms. The van der Waals surface area contributed by atoms with E-state index >= 15 is 0 Å². The number of para-hydroxylation sites is 4. The molecule has 0 fully saturated rings. The molecule has 10 aromatic carbocycles. The molecule has 3 nitrogen and oxygen atoms in total. The van der Waals surface area contributed by atoms with Crippen molar-refractivity contribution in [2.24, 2.45) is 0 Å². The molecule has 0 atom stereocenters. The van der Waals surface area contributed by atoms with E-state index in [0.29, 0.717) is 0 Å². The van der Waals surface area contributed by atoms with Crippen molar-refractivity contribution in [1.29, 1.82) is 0 Å². The highest BCUT2D eigenvalue weighted by Crippen LogP contribution is 2.41. The van der Waals surface area contributed by atoms with Gasteiger partial charge >= 0.3 is 0 Å². The molecule has 2 heterocycles. The molecular formula is C60H40N2O. The van der Waals surface area contributed by atoms with Gasteiger partial charge in [-0.1, -0.05) is 176 Å². The van der Waals surface area contributed by atoms with Crippen LogP contribution in [0.15, 0.2) is 247 Å². The summed E-state index contributed by atoms with van der Waals surface area (Å²) in [6.07, 6.45) is 0. The summed E-state index contributed by atoms with van der Waals surface area (Å²) < 4.78 is 8.79. The Labute approximate surface area is 366 Å². The molecule has 0 aliphatic carbocycles. The summed E-state index contributed by atoms with van der Waals surface area (Å²) in [7, 11) is 0. The maximum Gasteiger partial charge on any atom is 0.143 e. The van der Waals surface area contributed by atoms with Crippen LogP contribution in [0.3, 0.4) is 0 Å². The van der Waals surface area contributed by atoms with Crippen LogP contribution in [0.1, 0.15) is 0 Å². The van der Waals surface area contributed by atoms with E-state index in [1.165, 1.54) is 49.6 Å². The summed E-state index contributed by atoms with van der Waals surface area (Å²) in [5.74, 6) is 0. The maximum atomic E-state index is 6.43. The minimum atomic E-state index is 0.904. The molecule has 12 rings (SSSR count). The second kappa shape index (κ2) is 15.3. The summed E-state index contributed by atoms with van der Waals surface area (Å²) in [5, 5.41) is 4.80. The summed E-state index contributed by atoms with van der Waals surface area (Å²) in [5.41, 5.74) is 17.9. The molecule has 0 bridgehead atoms. The van der Waals surface area contributed by atoms with Crippen molar-refractivity contribution in [3.63, 3.8) is 0 Å². The van der Waals surface area contributed by atoms with Crippen LogP contribution in [-0.2, 0) is 0 Å². The summed E-state index contributed by atoms with van der Waals surface area (Å²) in [6, 6.07) is 87.0. The van der Waals surface area contributed by atoms with Crippen LogP contribution in [0, 0.1) is 0 Å². The van der Waals surface area contributed by atoms with Crippen LogP contribution >= 0.6 is 0 Å². The van der Waals surface area contributed by atoms with Gasteiger partial charge in [0.25, 0.3) is 0 Å². The summed E-state index contributed by atoms with van der Waals surface area (Å²) in [4.78, 5) is 2.34. The first-order valence-electron chi connectivity index (χ1n) is 21.5. The van der Waals surface area contributed by atoms with Gasteiger partial charge in [0, 0.05) is 49.9 Å². The Morgan fingerprint density at radius 2 is 0.683 bits per heavy atom. The second-order valence-corrected chi connectivity index (χ2v) is 16.1. The number of aromatic nitrogens is 1. The quantitative estimate of drug-likeness (QED) is 0.153. The van der Waals surface area contributed by atoms with Crippen LogP contribution in [-0.4, -0.2) is 4.57 Å². The highest BCUT2D eigenvalue weighted by atomic mass is 16.3. The van der Waals surface area contributed by atoms with Gasteiger partial charge in [0.05, 0.1) is 11.0 Å². The van der Waals surface area contributed by atoms with Crippen LogP contribution in [0.4, 0.5) is 17.1 Å². The zero-order chi connectivity index (χ0) is 41.7. The third-order valence-electron chi connectivity index (χ3n) is 12.5. The van der Waals surface area contributed by atoms with Crippen LogP contribution in [0.2, 0.25) is 0 Å². The Bertz CT molecular complexity index is 3510. The van der Waals surface area contributed by atoms with Crippen molar-refractivity contribution in [2.45, 2.75) is 0 Å². The van der Waals surface area contributed by atoms with Gasteiger partial charge in [-0.2, -0.15) is 0 Å². The van der Waals surface area contributed by atoms with Crippen LogP contribution in [0.25, 0.3) is 93.9 Å². The molecule has 0 saturated carbocycles. The fourth-order valence-corrected chi connectivity index (χ4v) is 9.31. The Kier molecular flexibility index (Phi) is 8.83. The van der Waals surface area contributed by atoms with Gasteiger partial charge in [-0.15, -0.1) is 0 Å². The lowest BCUT2D eigenvalue weighted by molar-refractivity contribution is 0.670. The van der Waals surface area contributed by atoms with Crippen molar-refractivity contribution in [3.05, 3.63) is 243 Å². The minimum absolute atomic E-state index is 0.904. The Hall–Kier alpha value is -8.40. The normalized spacial score (nSPS) is 11.5. The molecule has 0 unspecified atom stereocenters. The molecular weight excluding hydrogens is 765 g/mol. The zero-order valence-corrected chi connectivity index (χ0v) is 34.4. The van der Waals surface area contributed by atoms with Crippen molar-refractivity contribution in [1.82, 2.24) is 4.57 Å². The first kappa shape index (κ1) is 36.5. The molecule has 0 saturated heterocycles. The fraction of sp³-hybridized carbons (Fsp3) is 0. The maximum absolute atomic E-state index is 6.43. The van der Waals surface area contributed by atoms with Crippen LogP contribution < -0.4 is 4.90 Å². The standard InChI is InChI=1S/C60H40N2O/c1-2-11-41(12-3-1)42-21-23-43(24-22-42)44-25-33-48(34-26-44)61(50-39-31-47(32-40-50)52-16-10-17-56-55-15-6-9-20-59(55)63-60(52)56)49-35-27-45(28-36-49)46-29-37-51(38-30-46)62-57-18-7-4-13-53(57)54-14-5-8-19-58(54)62/h1-40H. The average molecular weight is 805 g/mol. The number of hydrogen-bond donors (Lipinski definition) is 0. The number of hydrogen-bond acceptors (Lipinski definition) is 2. The number of furan rings is 1. The van der Waals surface area contributed by atoms with Gasteiger partial charge in [-0.25, -0.2) is 0 Å². The predicted molar refractivity (Wildman–Crippen MR) is 264 cm³/mol. The molecule has 12 aromatic rings. The molecule has 2 aromatic heterocycles. The fourth-order valence-electron chi connectivity index (χ4n) is 9.31. The summed E-state index contributed by atoms with van der Waals surface area (Å²) >= 11 is 0. The number of fused-ring (bicyclic) bond motifs is 6. The molecule has 0 spiro atoms. The number of nitrogens with zero attached hydrogens (tertiary/aromatic N) is 2. The largest absolute Gasteiger partial charge is 0.455 e. The van der Waals surface area contributed by atoms with E-state index in [-0.39, 0.29) is 0 Å². The Morgan fingerprint density at radius 1 is 0.286 bits per heavy atom. The van der Waals surface area contributed by atoms with Crippen molar-refractivity contribution in [2.75, 3.05) is 4.90 Å². The second-order valence-electron chi connectivity index (χ2n) is 16.1. The first-order chi connectivity index (χ1) is 31.2. The van der Waals surface area contributed by atoms with Crippen molar-refractivity contribution >= 4 is 60.8 Å². The third kappa shape index (κ3) is 6.46. The Morgan fingerprint density at radius 3 is 1.22 bits per heavy atom. The number of rotatable bonds is 8. The van der Waals surface area contributed by atoms with Crippen molar-refractivity contribution in [3.8, 4) is 50.2 Å². The molecule has 3 heteroatoms. The molecule has 0 N–H and O–H groups in total. The van der Waals surface area contributed by atoms with E-state index in [2.05, 4.69) is 240 Å².